The molecule has 1 aliphatic heterocycles. The zero-order valence-electron chi connectivity index (χ0n) is 7.69. The van der Waals surface area contributed by atoms with Gasteiger partial charge in [0.15, 0.2) is 0 Å². The van der Waals surface area contributed by atoms with Crippen molar-refractivity contribution in [3.05, 3.63) is 23.9 Å². The summed E-state index contributed by atoms with van der Waals surface area (Å²) in [6.45, 7) is 2.96. The highest BCUT2D eigenvalue weighted by Crippen LogP contribution is 2.29. The Balaban J connectivity index is 1.97. The van der Waals surface area contributed by atoms with Crippen LogP contribution in [-0.2, 0) is 4.74 Å². The lowest BCUT2D eigenvalue weighted by atomic mass is 10.3. The molecule has 0 bridgehead atoms. The molecule has 2 nitrogen and oxygen atoms in total. The van der Waals surface area contributed by atoms with E-state index in [2.05, 4.69) is 17.1 Å². The summed E-state index contributed by atoms with van der Waals surface area (Å²) in [5, 5.41) is 1.07. The van der Waals surface area contributed by atoms with Gasteiger partial charge in [0, 0.05) is 12.8 Å². The van der Waals surface area contributed by atoms with Crippen LogP contribution in [0.15, 0.2) is 23.4 Å². The average Bonchev–Trinajstić information content (AvgIpc) is 2.62. The zero-order chi connectivity index (χ0) is 9.10. The highest BCUT2D eigenvalue weighted by atomic mass is 32.2. The van der Waals surface area contributed by atoms with Crippen LogP contribution in [0.25, 0.3) is 0 Å². The first-order chi connectivity index (χ1) is 6.34. The van der Waals surface area contributed by atoms with Crippen molar-refractivity contribution in [3.63, 3.8) is 0 Å². The van der Waals surface area contributed by atoms with Gasteiger partial charge in [-0.25, -0.2) is 4.98 Å². The Labute approximate surface area is 82.7 Å². The van der Waals surface area contributed by atoms with E-state index in [0.717, 1.165) is 18.1 Å². The molecule has 0 spiro atoms. The van der Waals surface area contributed by atoms with Crippen LogP contribution in [0.2, 0.25) is 0 Å². The van der Waals surface area contributed by atoms with Gasteiger partial charge in [0.25, 0.3) is 0 Å². The lowest BCUT2D eigenvalue weighted by Gasteiger charge is -2.07. The van der Waals surface area contributed by atoms with E-state index in [1.54, 1.807) is 11.8 Å². The number of nitrogens with zero attached hydrogens (tertiary/aromatic N) is 1. The summed E-state index contributed by atoms with van der Waals surface area (Å²) in [4.78, 5) is 4.32. The number of rotatable bonds is 2. The molecule has 2 heterocycles. The van der Waals surface area contributed by atoms with E-state index in [0.29, 0.717) is 5.44 Å². The van der Waals surface area contributed by atoms with Crippen LogP contribution in [-0.4, -0.2) is 17.0 Å². The first-order valence-corrected chi connectivity index (χ1v) is 5.43. The first-order valence-electron chi connectivity index (χ1n) is 4.55. The van der Waals surface area contributed by atoms with Crippen molar-refractivity contribution in [2.75, 3.05) is 6.61 Å². The van der Waals surface area contributed by atoms with Gasteiger partial charge in [-0.3, -0.25) is 0 Å². The predicted molar refractivity (Wildman–Crippen MR) is 53.8 cm³/mol. The van der Waals surface area contributed by atoms with Crippen molar-refractivity contribution in [2.24, 2.45) is 0 Å². The lowest BCUT2D eigenvalue weighted by molar-refractivity contribution is 0.173. The summed E-state index contributed by atoms with van der Waals surface area (Å²) in [6, 6.07) is 4.14. The Bertz CT molecular complexity index is 267. The quantitative estimate of drug-likeness (QED) is 0.724. The summed E-state index contributed by atoms with van der Waals surface area (Å²) in [6.07, 6.45) is 4.24. The number of hydrogen-bond donors (Lipinski definition) is 0. The molecular formula is C10H13NOS. The summed E-state index contributed by atoms with van der Waals surface area (Å²) < 4.78 is 5.51. The largest absolute Gasteiger partial charge is 0.367 e. The minimum absolute atomic E-state index is 0.329. The van der Waals surface area contributed by atoms with E-state index in [9.17, 15) is 0 Å². The molecule has 70 valence electrons. The third-order valence-corrected chi connectivity index (χ3v) is 3.14. The first kappa shape index (κ1) is 9.03. The Morgan fingerprint density at radius 3 is 3.08 bits per heavy atom. The molecule has 1 unspecified atom stereocenters. The number of pyridine rings is 1. The molecular weight excluding hydrogens is 182 g/mol. The standard InChI is InChI=1S/C10H13NOS/c1-8-4-5-9(11-7-8)13-10-3-2-6-12-10/h4-5,7,10H,2-3,6H2,1H3. The van der Waals surface area contributed by atoms with E-state index >= 15 is 0 Å². The fourth-order valence-electron chi connectivity index (χ4n) is 1.30. The van der Waals surface area contributed by atoms with Gasteiger partial charge in [-0.1, -0.05) is 17.8 Å². The van der Waals surface area contributed by atoms with Crippen molar-refractivity contribution < 1.29 is 4.74 Å². The SMILES string of the molecule is Cc1ccc(SC2CCCO2)nc1. The normalized spacial score (nSPS) is 22.1. The smallest absolute Gasteiger partial charge is 0.109 e. The lowest BCUT2D eigenvalue weighted by Crippen LogP contribution is -1.98. The van der Waals surface area contributed by atoms with Crippen LogP contribution >= 0.6 is 11.8 Å². The molecule has 1 atom stereocenters. The van der Waals surface area contributed by atoms with Gasteiger partial charge in [-0.05, 0) is 31.4 Å². The van der Waals surface area contributed by atoms with Crippen molar-refractivity contribution in [2.45, 2.75) is 30.2 Å². The fourth-order valence-corrected chi connectivity index (χ4v) is 2.28. The average molecular weight is 195 g/mol. The van der Waals surface area contributed by atoms with Gasteiger partial charge in [0.2, 0.25) is 0 Å². The van der Waals surface area contributed by atoms with Crippen molar-refractivity contribution in [3.8, 4) is 0 Å². The van der Waals surface area contributed by atoms with Gasteiger partial charge < -0.3 is 4.74 Å². The molecule has 1 aliphatic rings. The summed E-state index contributed by atoms with van der Waals surface area (Å²) in [5.74, 6) is 0. The molecule has 0 N–H and O–H groups in total. The molecule has 13 heavy (non-hydrogen) atoms. The highest BCUT2D eigenvalue weighted by molar-refractivity contribution is 7.99. The number of hydrogen-bond acceptors (Lipinski definition) is 3. The van der Waals surface area contributed by atoms with Crippen molar-refractivity contribution in [1.82, 2.24) is 4.98 Å². The third-order valence-electron chi connectivity index (χ3n) is 2.02. The van der Waals surface area contributed by atoms with Crippen molar-refractivity contribution in [1.29, 1.82) is 0 Å². The topological polar surface area (TPSA) is 22.1 Å². The van der Waals surface area contributed by atoms with Crippen LogP contribution in [0.5, 0.6) is 0 Å². The minimum atomic E-state index is 0.329. The van der Waals surface area contributed by atoms with E-state index in [1.165, 1.54) is 12.0 Å². The molecule has 1 aromatic heterocycles. The van der Waals surface area contributed by atoms with Crippen LogP contribution in [0.4, 0.5) is 0 Å². The van der Waals surface area contributed by atoms with E-state index in [-0.39, 0.29) is 0 Å². The highest BCUT2D eigenvalue weighted by Gasteiger charge is 2.16. The van der Waals surface area contributed by atoms with Gasteiger partial charge in [0.1, 0.15) is 5.44 Å². The molecule has 3 heteroatoms. The van der Waals surface area contributed by atoms with Crippen molar-refractivity contribution >= 4 is 11.8 Å². The molecule has 1 fully saturated rings. The fraction of sp³-hybridized carbons (Fsp3) is 0.500. The zero-order valence-corrected chi connectivity index (χ0v) is 8.51. The Kier molecular flexibility index (Phi) is 2.86. The number of aromatic nitrogens is 1. The monoisotopic (exact) mass is 195 g/mol. The Morgan fingerprint density at radius 1 is 1.54 bits per heavy atom. The summed E-state index contributed by atoms with van der Waals surface area (Å²) in [5.41, 5.74) is 1.53. The van der Waals surface area contributed by atoms with Crippen LogP contribution < -0.4 is 0 Å². The van der Waals surface area contributed by atoms with E-state index in [1.807, 2.05) is 13.1 Å². The maximum atomic E-state index is 5.51. The Hall–Kier alpha value is -0.540. The van der Waals surface area contributed by atoms with Gasteiger partial charge in [-0.15, -0.1) is 0 Å². The molecule has 1 saturated heterocycles. The molecule has 1 aromatic rings. The molecule has 2 rings (SSSR count). The van der Waals surface area contributed by atoms with Gasteiger partial charge >= 0.3 is 0 Å². The molecule has 0 amide bonds. The van der Waals surface area contributed by atoms with Crippen LogP contribution in [0, 0.1) is 6.92 Å². The summed E-state index contributed by atoms with van der Waals surface area (Å²) in [7, 11) is 0. The second-order valence-electron chi connectivity index (χ2n) is 3.23. The maximum absolute atomic E-state index is 5.51. The summed E-state index contributed by atoms with van der Waals surface area (Å²) >= 11 is 1.73. The minimum Gasteiger partial charge on any atom is -0.367 e. The Morgan fingerprint density at radius 2 is 2.46 bits per heavy atom. The molecule has 0 aliphatic carbocycles. The number of ether oxygens (including phenoxy) is 1. The van der Waals surface area contributed by atoms with E-state index < -0.39 is 0 Å². The molecule has 0 aromatic carbocycles. The second kappa shape index (κ2) is 4.11. The molecule has 0 radical (unpaired) electrons. The number of aryl methyl sites for hydroxylation is 1. The molecule has 0 saturated carbocycles. The van der Waals surface area contributed by atoms with Gasteiger partial charge in [-0.2, -0.15) is 0 Å². The van der Waals surface area contributed by atoms with Crippen LogP contribution in [0.1, 0.15) is 18.4 Å². The van der Waals surface area contributed by atoms with E-state index in [4.69, 9.17) is 4.74 Å². The van der Waals surface area contributed by atoms with Crippen LogP contribution in [0.3, 0.4) is 0 Å². The second-order valence-corrected chi connectivity index (χ2v) is 4.41. The predicted octanol–water partition coefficient (Wildman–Crippen LogP) is 2.62. The van der Waals surface area contributed by atoms with Gasteiger partial charge in [0.05, 0.1) is 5.03 Å². The maximum Gasteiger partial charge on any atom is 0.109 e. The number of thioether (sulfide) groups is 1. The third kappa shape index (κ3) is 2.45.